The number of nitrogens with zero attached hydrogens (tertiary/aromatic N) is 2. The normalized spacial score (nSPS) is 18.6. The minimum absolute atomic E-state index is 0.625. The van der Waals surface area contributed by atoms with E-state index in [1.165, 1.54) is 12.8 Å². The number of aromatic nitrogens is 2. The number of hydrogen-bond acceptors (Lipinski definition) is 3. The van der Waals surface area contributed by atoms with E-state index in [4.69, 9.17) is 5.73 Å². The molecule has 14 heavy (non-hydrogen) atoms. The lowest BCUT2D eigenvalue weighted by atomic mass is 10.1. The monoisotopic (exact) mass is 194 g/mol. The SMILES string of the molecule is NCCc1nccn1C1CCNCC1. The van der Waals surface area contributed by atoms with Crippen molar-refractivity contribution in [2.75, 3.05) is 19.6 Å². The summed E-state index contributed by atoms with van der Waals surface area (Å²) in [6.45, 7) is 2.91. The Morgan fingerprint density at radius 1 is 1.50 bits per heavy atom. The number of rotatable bonds is 3. The van der Waals surface area contributed by atoms with Gasteiger partial charge in [0.2, 0.25) is 0 Å². The van der Waals surface area contributed by atoms with E-state index in [0.717, 1.165) is 25.3 Å². The first-order chi connectivity index (χ1) is 6.92. The van der Waals surface area contributed by atoms with Crippen molar-refractivity contribution in [3.63, 3.8) is 0 Å². The lowest BCUT2D eigenvalue weighted by Gasteiger charge is -2.25. The molecule has 2 heterocycles. The van der Waals surface area contributed by atoms with E-state index in [1.807, 2.05) is 6.20 Å². The Kier molecular flexibility index (Phi) is 3.16. The third kappa shape index (κ3) is 1.96. The van der Waals surface area contributed by atoms with E-state index < -0.39 is 0 Å². The van der Waals surface area contributed by atoms with E-state index in [0.29, 0.717) is 12.6 Å². The minimum Gasteiger partial charge on any atom is -0.332 e. The van der Waals surface area contributed by atoms with Crippen LogP contribution in [-0.4, -0.2) is 29.2 Å². The first-order valence-corrected chi connectivity index (χ1v) is 5.34. The largest absolute Gasteiger partial charge is 0.332 e. The predicted octanol–water partition coefficient (Wildman–Crippen LogP) is 0.309. The molecular weight excluding hydrogens is 176 g/mol. The molecule has 0 bridgehead atoms. The summed E-state index contributed by atoms with van der Waals surface area (Å²) in [6, 6.07) is 0.625. The second kappa shape index (κ2) is 4.57. The van der Waals surface area contributed by atoms with Crippen LogP contribution in [0.5, 0.6) is 0 Å². The van der Waals surface area contributed by atoms with Crippen LogP contribution in [0.15, 0.2) is 12.4 Å². The van der Waals surface area contributed by atoms with E-state index in [9.17, 15) is 0 Å². The first kappa shape index (κ1) is 9.68. The molecule has 78 valence electrons. The van der Waals surface area contributed by atoms with Gasteiger partial charge in [-0.15, -0.1) is 0 Å². The quantitative estimate of drug-likeness (QED) is 0.728. The summed E-state index contributed by atoms with van der Waals surface area (Å²) in [4.78, 5) is 4.34. The Balaban J connectivity index is 2.09. The highest BCUT2D eigenvalue weighted by Crippen LogP contribution is 2.19. The molecule has 0 unspecified atom stereocenters. The smallest absolute Gasteiger partial charge is 0.110 e. The molecule has 1 aliphatic heterocycles. The molecule has 0 amide bonds. The fourth-order valence-electron chi connectivity index (χ4n) is 2.08. The number of hydrogen-bond donors (Lipinski definition) is 2. The van der Waals surface area contributed by atoms with Gasteiger partial charge in [-0.1, -0.05) is 0 Å². The number of piperidine rings is 1. The van der Waals surface area contributed by atoms with Crippen molar-refractivity contribution in [1.82, 2.24) is 14.9 Å². The van der Waals surface area contributed by atoms with E-state index in [2.05, 4.69) is 21.1 Å². The van der Waals surface area contributed by atoms with Crippen LogP contribution < -0.4 is 11.1 Å². The van der Waals surface area contributed by atoms with Gasteiger partial charge in [0.15, 0.2) is 0 Å². The molecule has 4 nitrogen and oxygen atoms in total. The highest BCUT2D eigenvalue weighted by atomic mass is 15.1. The van der Waals surface area contributed by atoms with Crippen LogP contribution in [-0.2, 0) is 6.42 Å². The lowest BCUT2D eigenvalue weighted by Crippen LogP contribution is -2.30. The van der Waals surface area contributed by atoms with Gasteiger partial charge in [0, 0.05) is 24.9 Å². The van der Waals surface area contributed by atoms with Crippen molar-refractivity contribution in [2.24, 2.45) is 5.73 Å². The molecule has 1 aliphatic rings. The highest BCUT2D eigenvalue weighted by Gasteiger charge is 2.16. The summed E-state index contributed by atoms with van der Waals surface area (Å²) in [5, 5.41) is 3.37. The molecule has 0 atom stereocenters. The van der Waals surface area contributed by atoms with Gasteiger partial charge in [-0.25, -0.2) is 4.98 Å². The standard InChI is InChI=1S/C10H18N4/c11-4-1-10-13-7-8-14(10)9-2-5-12-6-3-9/h7-9,12H,1-6,11H2. The zero-order valence-corrected chi connectivity index (χ0v) is 8.45. The Bertz CT molecular complexity index is 275. The minimum atomic E-state index is 0.625. The highest BCUT2D eigenvalue weighted by molar-refractivity contribution is 4.96. The van der Waals surface area contributed by atoms with Crippen LogP contribution in [0.1, 0.15) is 24.7 Å². The molecule has 3 N–H and O–H groups in total. The molecule has 4 heteroatoms. The fourth-order valence-corrected chi connectivity index (χ4v) is 2.08. The molecule has 1 aromatic heterocycles. The molecule has 0 spiro atoms. The maximum absolute atomic E-state index is 5.55. The molecule has 0 saturated carbocycles. The number of imidazole rings is 1. The van der Waals surface area contributed by atoms with Crippen molar-refractivity contribution in [3.8, 4) is 0 Å². The molecule has 1 aromatic rings. The van der Waals surface area contributed by atoms with Gasteiger partial charge in [0.1, 0.15) is 5.82 Å². The molecule has 1 saturated heterocycles. The van der Waals surface area contributed by atoms with Gasteiger partial charge in [0.25, 0.3) is 0 Å². The van der Waals surface area contributed by atoms with Crippen LogP contribution >= 0.6 is 0 Å². The van der Waals surface area contributed by atoms with Crippen LogP contribution in [0.3, 0.4) is 0 Å². The zero-order chi connectivity index (χ0) is 9.80. The molecule has 0 aliphatic carbocycles. The molecular formula is C10H18N4. The Morgan fingerprint density at radius 2 is 2.29 bits per heavy atom. The maximum Gasteiger partial charge on any atom is 0.110 e. The average Bonchev–Trinajstić information content (AvgIpc) is 2.68. The van der Waals surface area contributed by atoms with Crippen molar-refractivity contribution in [3.05, 3.63) is 18.2 Å². The van der Waals surface area contributed by atoms with Crippen LogP contribution in [0.25, 0.3) is 0 Å². The maximum atomic E-state index is 5.55. The predicted molar refractivity (Wildman–Crippen MR) is 56.1 cm³/mol. The molecule has 1 fully saturated rings. The van der Waals surface area contributed by atoms with E-state index >= 15 is 0 Å². The van der Waals surface area contributed by atoms with Gasteiger partial charge in [-0.3, -0.25) is 0 Å². The van der Waals surface area contributed by atoms with Gasteiger partial charge < -0.3 is 15.6 Å². The zero-order valence-electron chi connectivity index (χ0n) is 8.45. The van der Waals surface area contributed by atoms with E-state index in [-0.39, 0.29) is 0 Å². The van der Waals surface area contributed by atoms with Crippen LogP contribution in [0.2, 0.25) is 0 Å². The second-order valence-corrected chi connectivity index (χ2v) is 3.77. The van der Waals surface area contributed by atoms with Gasteiger partial charge >= 0.3 is 0 Å². The van der Waals surface area contributed by atoms with Gasteiger partial charge in [-0.2, -0.15) is 0 Å². The molecule has 0 aromatic carbocycles. The second-order valence-electron chi connectivity index (χ2n) is 3.77. The third-order valence-corrected chi connectivity index (χ3v) is 2.82. The number of nitrogens with one attached hydrogen (secondary N) is 1. The topological polar surface area (TPSA) is 55.9 Å². The van der Waals surface area contributed by atoms with Gasteiger partial charge in [0.05, 0.1) is 0 Å². The fraction of sp³-hybridized carbons (Fsp3) is 0.700. The third-order valence-electron chi connectivity index (χ3n) is 2.82. The molecule has 0 radical (unpaired) electrons. The number of nitrogens with two attached hydrogens (primary N) is 1. The molecule has 2 rings (SSSR count). The Hall–Kier alpha value is -0.870. The summed E-state index contributed by atoms with van der Waals surface area (Å²) >= 11 is 0. The van der Waals surface area contributed by atoms with Crippen molar-refractivity contribution in [2.45, 2.75) is 25.3 Å². The summed E-state index contributed by atoms with van der Waals surface area (Å²) in [5.74, 6) is 1.14. The summed E-state index contributed by atoms with van der Waals surface area (Å²) in [5.41, 5.74) is 5.55. The van der Waals surface area contributed by atoms with Crippen LogP contribution in [0.4, 0.5) is 0 Å². The van der Waals surface area contributed by atoms with Crippen molar-refractivity contribution < 1.29 is 0 Å². The Labute approximate surface area is 84.5 Å². The summed E-state index contributed by atoms with van der Waals surface area (Å²) in [7, 11) is 0. The Morgan fingerprint density at radius 3 is 3.00 bits per heavy atom. The van der Waals surface area contributed by atoms with Crippen LogP contribution in [0, 0.1) is 0 Å². The lowest BCUT2D eigenvalue weighted by molar-refractivity contribution is 0.360. The average molecular weight is 194 g/mol. The van der Waals surface area contributed by atoms with Crippen molar-refractivity contribution >= 4 is 0 Å². The van der Waals surface area contributed by atoms with Gasteiger partial charge in [-0.05, 0) is 32.5 Å². The summed E-state index contributed by atoms with van der Waals surface area (Å²) < 4.78 is 2.30. The van der Waals surface area contributed by atoms with E-state index in [1.54, 1.807) is 0 Å². The first-order valence-electron chi connectivity index (χ1n) is 5.34. The van der Waals surface area contributed by atoms with Crippen molar-refractivity contribution in [1.29, 1.82) is 0 Å². The summed E-state index contributed by atoms with van der Waals surface area (Å²) in [6.07, 6.45) is 7.26.